The van der Waals surface area contributed by atoms with Gasteiger partial charge in [0.05, 0.1) is 16.7 Å². The van der Waals surface area contributed by atoms with Gasteiger partial charge in [-0.25, -0.2) is 0 Å². The number of nitrogens with zero attached hydrogens (tertiary/aromatic N) is 3. The molecule has 1 aliphatic heterocycles. The minimum absolute atomic E-state index is 0.0437. The number of anilines is 1. The van der Waals surface area contributed by atoms with Crippen LogP contribution in [0.1, 0.15) is 41.9 Å². The predicted octanol–water partition coefficient (Wildman–Crippen LogP) is 2.73. The molecular weight excluding hydrogens is 346 g/mol. The van der Waals surface area contributed by atoms with Crippen molar-refractivity contribution in [1.29, 1.82) is 0 Å². The van der Waals surface area contributed by atoms with Gasteiger partial charge in [-0.05, 0) is 44.0 Å². The molecule has 142 valence electrons. The van der Waals surface area contributed by atoms with Crippen LogP contribution in [0.2, 0.25) is 0 Å². The van der Waals surface area contributed by atoms with Gasteiger partial charge in [-0.2, -0.15) is 0 Å². The number of hydrogen-bond donors (Lipinski definition) is 2. The van der Waals surface area contributed by atoms with E-state index in [1.54, 1.807) is 23.2 Å². The number of nitro groups is 1. The Hall–Kier alpha value is -3.00. The van der Waals surface area contributed by atoms with Crippen LogP contribution in [-0.2, 0) is 0 Å². The number of nitrogens with one attached hydrogen (secondary N) is 1. The van der Waals surface area contributed by atoms with E-state index in [1.807, 2.05) is 25.1 Å². The summed E-state index contributed by atoms with van der Waals surface area (Å²) in [4.78, 5) is 29.7. The first-order valence-corrected chi connectivity index (χ1v) is 8.96. The molecule has 1 aromatic heterocycles. The molecule has 0 spiro atoms. The summed E-state index contributed by atoms with van der Waals surface area (Å²) in [5.41, 5.74) is 7.22. The molecule has 3 N–H and O–H groups in total. The van der Waals surface area contributed by atoms with Gasteiger partial charge in [-0.3, -0.25) is 19.9 Å². The molecular formula is C19H23N5O3. The lowest BCUT2D eigenvalue weighted by atomic mass is 10.0. The van der Waals surface area contributed by atoms with E-state index in [0.717, 1.165) is 18.5 Å². The van der Waals surface area contributed by atoms with E-state index in [2.05, 4.69) is 10.3 Å². The van der Waals surface area contributed by atoms with Crippen molar-refractivity contribution < 1.29 is 9.72 Å². The topological polar surface area (TPSA) is 114 Å². The van der Waals surface area contributed by atoms with Crippen molar-refractivity contribution in [2.24, 2.45) is 5.73 Å². The Labute approximate surface area is 157 Å². The normalized spacial score (nSPS) is 18.0. The lowest BCUT2D eigenvalue weighted by Crippen LogP contribution is -2.45. The average Bonchev–Trinajstić information content (AvgIpc) is 2.68. The van der Waals surface area contributed by atoms with Crippen molar-refractivity contribution in [2.75, 3.05) is 18.4 Å². The van der Waals surface area contributed by atoms with Crippen molar-refractivity contribution in [2.45, 2.75) is 31.8 Å². The maximum Gasteiger partial charge on any atom is 0.293 e. The number of piperidine rings is 1. The van der Waals surface area contributed by atoms with Gasteiger partial charge >= 0.3 is 0 Å². The highest BCUT2D eigenvalue weighted by Gasteiger charge is 2.25. The van der Waals surface area contributed by atoms with Crippen molar-refractivity contribution in [3.63, 3.8) is 0 Å². The molecule has 0 saturated carbocycles. The summed E-state index contributed by atoms with van der Waals surface area (Å²) in [5.74, 6) is -0.224. The Morgan fingerprint density at radius 1 is 1.41 bits per heavy atom. The Morgan fingerprint density at radius 3 is 2.89 bits per heavy atom. The molecule has 8 nitrogen and oxygen atoms in total. The lowest BCUT2D eigenvalue weighted by Gasteiger charge is -2.30. The summed E-state index contributed by atoms with van der Waals surface area (Å²) >= 11 is 0. The SMILES string of the molecule is CC(Nc1ccc(C(=O)N2CCCC(N)C2)cc1[N+](=O)[O-])c1ccccn1. The second-order valence-corrected chi connectivity index (χ2v) is 6.76. The number of likely N-dealkylation sites (tertiary alicyclic amines) is 1. The summed E-state index contributed by atoms with van der Waals surface area (Å²) in [6.45, 7) is 2.97. The number of amides is 1. The van der Waals surface area contributed by atoms with Gasteiger partial charge in [-0.15, -0.1) is 0 Å². The van der Waals surface area contributed by atoms with Crippen LogP contribution in [0.3, 0.4) is 0 Å². The third-order valence-corrected chi connectivity index (χ3v) is 4.69. The fourth-order valence-corrected chi connectivity index (χ4v) is 3.25. The minimum atomic E-state index is -0.480. The molecule has 2 unspecified atom stereocenters. The quantitative estimate of drug-likeness (QED) is 0.619. The number of aromatic nitrogens is 1. The van der Waals surface area contributed by atoms with Crippen molar-refractivity contribution in [1.82, 2.24) is 9.88 Å². The van der Waals surface area contributed by atoms with E-state index in [-0.39, 0.29) is 23.7 Å². The maximum absolute atomic E-state index is 12.7. The van der Waals surface area contributed by atoms with Crippen molar-refractivity contribution in [3.8, 4) is 0 Å². The highest BCUT2D eigenvalue weighted by Crippen LogP contribution is 2.29. The third kappa shape index (κ3) is 4.40. The van der Waals surface area contributed by atoms with Crippen LogP contribution in [0.5, 0.6) is 0 Å². The monoisotopic (exact) mass is 369 g/mol. The number of nitro benzene ring substituents is 1. The number of benzene rings is 1. The minimum Gasteiger partial charge on any atom is -0.371 e. The Morgan fingerprint density at radius 2 is 2.22 bits per heavy atom. The molecule has 2 aromatic rings. The molecule has 1 amide bonds. The van der Waals surface area contributed by atoms with Crippen LogP contribution in [0.15, 0.2) is 42.6 Å². The molecule has 27 heavy (non-hydrogen) atoms. The Bertz CT molecular complexity index is 827. The largest absolute Gasteiger partial charge is 0.371 e. The summed E-state index contributed by atoms with van der Waals surface area (Å²) in [6, 6.07) is 9.78. The smallest absolute Gasteiger partial charge is 0.293 e. The van der Waals surface area contributed by atoms with Gasteiger partial charge < -0.3 is 16.0 Å². The molecule has 1 saturated heterocycles. The fraction of sp³-hybridized carbons (Fsp3) is 0.368. The number of rotatable bonds is 5. The van der Waals surface area contributed by atoms with Gasteiger partial charge in [0, 0.05) is 37.0 Å². The zero-order valence-corrected chi connectivity index (χ0v) is 15.2. The van der Waals surface area contributed by atoms with Crippen LogP contribution in [0.4, 0.5) is 11.4 Å². The standard InChI is InChI=1S/C19H23N5O3/c1-13(16-6-2-3-9-21-16)22-17-8-7-14(11-18(17)24(26)27)19(25)23-10-4-5-15(20)12-23/h2-3,6-9,11,13,15,22H,4-5,10,12,20H2,1H3. The molecule has 8 heteroatoms. The van der Waals surface area contributed by atoms with Gasteiger partial charge in [-0.1, -0.05) is 6.07 Å². The van der Waals surface area contributed by atoms with E-state index in [0.29, 0.717) is 24.3 Å². The van der Waals surface area contributed by atoms with Gasteiger partial charge in [0.25, 0.3) is 11.6 Å². The Balaban J connectivity index is 1.82. The highest BCUT2D eigenvalue weighted by molar-refractivity contribution is 5.95. The summed E-state index contributed by atoms with van der Waals surface area (Å²) in [6.07, 6.45) is 3.40. The number of carbonyl (C=O) groups excluding carboxylic acids is 1. The molecule has 0 bridgehead atoms. The van der Waals surface area contributed by atoms with Gasteiger partial charge in [0.2, 0.25) is 0 Å². The lowest BCUT2D eigenvalue weighted by molar-refractivity contribution is -0.384. The first-order chi connectivity index (χ1) is 13.0. The zero-order chi connectivity index (χ0) is 19.4. The molecule has 1 fully saturated rings. The predicted molar refractivity (Wildman–Crippen MR) is 102 cm³/mol. The van der Waals surface area contributed by atoms with Gasteiger partial charge in [0.15, 0.2) is 0 Å². The van der Waals surface area contributed by atoms with Crippen LogP contribution in [0, 0.1) is 10.1 Å². The van der Waals surface area contributed by atoms with E-state index in [4.69, 9.17) is 5.73 Å². The van der Waals surface area contributed by atoms with E-state index >= 15 is 0 Å². The van der Waals surface area contributed by atoms with Gasteiger partial charge in [0.1, 0.15) is 5.69 Å². The maximum atomic E-state index is 12.7. The van der Waals surface area contributed by atoms with Crippen LogP contribution in [-0.4, -0.2) is 39.8 Å². The molecule has 1 aromatic carbocycles. The van der Waals surface area contributed by atoms with Crippen LogP contribution >= 0.6 is 0 Å². The molecule has 1 aliphatic rings. The summed E-state index contributed by atoms with van der Waals surface area (Å²) < 4.78 is 0. The second-order valence-electron chi connectivity index (χ2n) is 6.76. The molecule has 0 radical (unpaired) electrons. The number of carbonyl (C=O) groups is 1. The number of pyridine rings is 1. The second kappa shape index (κ2) is 8.13. The van der Waals surface area contributed by atoms with Crippen molar-refractivity contribution in [3.05, 3.63) is 64.0 Å². The highest BCUT2D eigenvalue weighted by atomic mass is 16.6. The summed E-state index contributed by atoms with van der Waals surface area (Å²) in [5, 5.41) is 14.7. The van der Waals surface area contributed by atoms with E-state index < -0.39 is 4.92 Å². The van der Waals surface area contributed by atoms with Crippen LogP contribution in [0.25, 0.3) is 0 Å². The van der Waals surface area contributed by atoms with E-state index in [1.165, 1.54) is 6.07 Å². The molecule has 2 heterocycles. The van der Waals surface area contributed by atoms with Crippen LogP contribution < -0.4 is 11.1 Å². The zero-order valence-electron chi connectivity index (χ0n) is 15.2. The molecule has 3 rings (SSSR count). The number of hydrogen-bond acceptors (Lipinski definition) is 6. The Kier molecular flexibility index (Phi) is 5.66. The summed E-state index contributed by atoms with van der Waals surface area (Å²) in [7, 11) is 0. The first-order valence-electron chi connectivity index (χ1n) is 8.96. The first kappa shape index (κ1) is 18.8. The van der Waals surface area contributed by atoms with Crippen molar-refractivity contribution >= 4 is 17.3 Å². The third-order valence-electron chi connectivity index (χ3n) is 4.69. The molecule has 2 atom stereocenters. The average molecular weight is 369 g/mol. The van der Waals surface area contributed by atoms with E-state index in [9.17, 15) is 14.9 Å². The fourth-order valence-electron chi connectivity index (χ4n) is 3.25. The molecule has 0 aliphatic carbocycles. The number of nitrogens with two attached hydrogens (primary N) is 1.